The van der Waals surface area contributed by atoms with E-state index < -0.39 is 15.8 Å². The molecule has 2 heterocycles. The fourth-order valence-electron chi connectivity index (χ4n) is 1.74. The van der Waals surface area contributed by atoms with Gasteiger partial charge in [-0.1, -0.05) is 0 Å². The van der Waals surface area contributed by atoms with Crippen molar-refractivity contribution >= 4 is 15.8 Å². The van der Waals surface area contributed by atoms with E-state index in [0.29, 0.717) is 12.2 Å². The summed E-state index contributed by atoms with van der Waals surface area (Å²) in [7, 11) is -2.96. The quantitative estimate of drug-likeness (QED) is 0.817. The summed E-state index contributed by atoms with van der Waals surface area (Å²) in [6.07, 6.45) is 1.66. The molecule has 1 aliphatic heterocycles. The van der Waals surface area contributed by atoms with Gasteiger partial charge >= 0.3 is 5.97 Å². The van der Waals surface area contributed by atoms with Crippen LogP contribution in [0.2, 0.25) is 0 Å². The van der Waals surface area contributed by atoms with E-state index in [9.17, 15) is 13.2 Å². The molecule has 0 radical (unpaired) electrons. The number of carbonyl (C=O) groups is 1. The van der Waals surface area contributed by atoms with Crippen LogP contribution in [-0.2, 0) is 21.1 Å². The lowest BCUT2D eigenvalue weighted by Crippen LogP contribution is -2.03. The zero-order valence-electron chi connectivity index (χ0n) is 8.42. The first-order valence-corrected chi connectivity index (χ1v) is 6.65. The van der Waals surface area contributed by atoms with Crippen molar-refractivity contribution in [2.24, 2.45) is 0 Å². The molecule has 1 N–H and O–H groups in total. The summed E-state index contributed by atoms with van der Waals surface area (Å²) in [6.45, 7) is 0. The number of aromatic nitrogens is 1. The summed E-state index contributed by atoms with van der Waals surface area (Å²) >= 11 is 0. The van der Waals surface area contributed by atoms with Gasteiger partial charge in [0, 0.05) is 5.92 Å². The third-order valence-corrected chi connectivity index (χ3v) is 4.28. The predicted octanol–water partition coefficient (Wildman–Crippen LogP) is 0.204. The Bertz CT molecular complexity index is 504. The van der Waals surface area contributed by atoms with Crippen LogP contribution in [0.5, 0.6) is 0 Å². The second-order valence-corrected chi connectivity index (χ2v) is 6.06. The molecule has 1 atom stereocenters. The number of sulfone groups is 1. The largest absolute Gasteiger partial charge is 0.481 e. The minimum atomic E-state index is -2.96. The standard InChI is InChI=1S/C9H11NO5S/c11-9(12)3-8-10-4-7(15-8)6-1-2-16(13,14)5-6/h4,6H,1-3,5H2,(H,11,12). The van der Waals surface area contributed by atoms with E-state index in [1.165, 1.54) is 6.20 Å². The number of nitrogens with zero attached hydrogens (tertiary/aromatic N) is 1. The first-order chi connectivity index (χ1) is 7.46. The van der Waals surface area contributed by atoms with Gasteiger partial charge in [-0.25, -0.2) is 13.4 Å². The molecular weight excluding hydrogens is 234 g/mol. The van der Waals surface area contributed by atoms with Gasteiger partial charge in [-0.2, -0.15) is 0 Å². The fourth-order valence-corrected chi connectivity index (χ4v) is 3.50. The molecule has 1 aliphatic rings. The van der Waals surface area contributed by atoms with E-state index in [1.807, 2.05) is 0 Å². The Morgan fingerprint density at radius 1 is 1.62 bits per heavy atom. The van der Waals surface area contributed by atoms with Gasteiger partial charge in [-0.3, -0.25) is 4.79 Å². The van der Waals surface area contributed by atoms with Crippen LogP contribution in [0.4, 0.5) is 0 Å². The van der Waals surface area contributed by atoms with Crippen LogP contribution in [-0.4, -0.2) is 36.0 Å². The Kier molecular flexibility index (Phi) is 2.71. The number of rotatable bonds is 3. The van der Waals surface area contributed by atoms with Crippen molar-refractivity contribution < 1.29 is 22.7 Å². The van der Waals surface area contributed by atoms with E-state index in [2.05, 4.69) is 4.98 Å². The Morgan fingerprint density at radius 2 is 2.38 bits per heavy atom. The highest BCUT2D eigenvalue weighted by molar-refractivity contribution is 7.91. The summed E-state index contributed by atoms with van der Waals surface area (Å²) < 4.78 is 27.7. The Hall–Kier alpha value is -1.37. The van der Waals surface area contributed by atoms with Gasteiger partial charge in [0.25, 0.3) is 0 Å². The maximum Gasteiger partial charge on any atom is 0.312 e. The summed E-state index contributed by atoms with van der Waals surface area (Å²) in [5.74, 6) is -0.391. The summed E-state index contributed by atoms with van der Waals surface area (Å²) in [4.78, 5) is 14.2. The summed E-state index contributed by atoms with van der Waals surface area (Å²) in [6, 6.07) is 0. The predicted molar refractivity (Wildman–Crippen MR) is 53.9 cm³/mol. The van der Waals surface area contributed by atoms with Gasteiger partial charge in [-0.05, 0) is 6.42 Å². The number of hydrogen-bond acceptors (Lipinski definition) is 5. The van der Waals surface area contributed by atoms with Crippen LogP contribution in [0.15, 0.2) is 10.6 Å². The Labute approximate surface area is 92.2 Å². The molecule has 1 unspecified atom stereocenters. The van der Waals surface area contributed by atoms with Crippen LogP contribution in [0.25, 0.3) is 0 Å². The van der Waals surface area contributed by atoms with Gasteiger partial charge in [0.15, 0.2) is 9.84 Å². The summed E-state index contributed by atoms with van der Waals surface area (Å²) in [5.41, 5.74) is 0. The van der Waals surface area contributed by atoms with E-state index >= 15 is 0 Å². The number of aliphatic carboxylic acids is 1. The molecule has 1 aromatic heterocycles. The molecule has 6 nitrogen and oxygen atoms in total. The van der Waals surface area contributed by atoms with E-state index in [-0.39, 0.29) is 29.7 Å². The Balaban J connectivity index is 2.11. The average Bonchev–Trinajstić information content (AvgIpc) is 2.71. The fraction of sp³-hybridized carbons (Fsp3) is 0.556. The lowest BCUT2D eigenvalue weighted by molar-refractivity contribution is -0.136. The van der Waals surface area contributed by atoms with Crippen molar-refractivity contribution in [3.05, 3.63) is 17.8 Å². The molecule has 2 rings (SSSR count). The minimum absolute atomic E-state index is 0.0642. The van der Waals surface area contributed by atoms with Crippen molar-refractivity contribution in [3.8, 4) is 0 Å². The van der Waals surface area contributed by atoms with Crippen LogP contribution < -0.4 is 0 Å². The second kappa shape index (κ2) is 3.89. The van der Waals surface area contributed by atoms with Gasteiger partial charge in [0.2, 0.25) is 5.89 Å². The van der Waals surface area contributed by atoms with Crippen molar-refractivity contribution in [2.45, 2.75) is 18.8 Å². The maximum atomic E-state index is 11.2. The van der Waals surface area contributed by atoms with Crippen molar-refractivity contribution in [2.75, 3.05) is 11.5 Å². The van der Waals surface area contributed by atoms with E-state index in [4.69, 9.17) is 9.52 Å². The number of oxazole rings is 1. The third kappa shape index (κ3) is 2.41. The lowest BCUT2D eigenvalue weighted by atomic mass is 10.1. The smallest absolute Gasteiger partial charge is 0.312 e. The van der Waals surface area contributed by atoms with E-state index in [0.717, 1.165) is 0 Å². The molecule has 0 spiro atoms. The maximum absolute atomic E-state index is 11.2. The minimum Gasteiger partial charge on any atom is -0.481 e. The molecule has 0 aromatic carbocycles. The zero-order valence-corrected chi connectivity index (χ0v) is 9.24. The molecule has 0 aliphatic carbocycles. The molecule has 1 aromatic rings. The second-order valence-electron chi connectivity index (χ2n) is 3.83. The highest BCUT2D eigenvalue weighted by atomic mass is 32.2. The molecule has 1 saturated heterocycles. The topological polar surface area (TPSA) is 97.5 Å². The van der Waals surface area contributed by atoms with Crippen LogP contribution >= 0.6 is 0 Å². The number of carboxylic acids is 1. The van der Waals surface area contributed by atoms with Crippen LogP contribution in [0, 0.1) is 0 Å². The molecule has 7 heteroatoms. The first kappa shape index (κ1) is 11.1. The van der Waals surface area contributed by atoms with Crippen LogP contribution in [0.3, 0.4) is 0 Å². The monoisotopic (exact) mass is 245 g/mol. The number of carboxylic acid groups (broad SMARTS) is 1. The molecule has 16 heavy (non-hydrogen) atoms. The number of hydrogen-bond donors (Lipinski definition) is 1. The normalized spacial score (nSPS) is 23.4. The van der Waals surface area contributed by atoms with E-state index in [1.54, 1.807) is 0 Å². The summed E-state index contributed by atoms with van der Waals surface area (Å²) in [5, 5.41) is 8.53. The van der Waals surface area contributed by atoms with Gasteiger partial charge in [0.1, 0.15) is 12.2 Å². The van der Waals surface area contributed by atoms with Crippen molar-refractivity contribution in [1.29, 1.82) is 0 Å². The lowest BCUT2D eigenvalue weighted by Gasteiger charge is -2.00. The van der Waals surface area contributed by atoms with Gasteiger partial charge in [0.05, 0.1) is 17.7 Å². The van der Waals surface area contributed by atoms with Gasteiger partial charge in [-0.15, -0.1) is 0 Å². The molecule has 1 fully saturated rings. The molecule has 0 saturated carbocycles. The highest BCUT2D eigenvalue weighted by Gasteiger charge is 2.31. The SMILES string of the molecule is O=C(O)Cc1ncc(C2CCS(=O)(=O)C2)o1. The zero-order chi connectivity index (χ0) is 11.8. The molecule has 88 valence electrons. The highest BCUT2D eigenvalue weighted by Crippen LogP contribution is 2.29. The molecule has 0 amide bonds. The molecule has 0 bridgehead atoms. The van der Waals surface area contributed by atoms with Crippen molar-refractivity contribution in [3.63, 3.8) is 0 Å². The van der Waals surface area contributed by atoms with Crippen LogP contribution in [0.1, 0.15) is 24.0 Å². The Morgan fingerprint density at radius 3 is 2.94 bits per heavy atom. The van der Waals surface area contributed by atoms with Gasteiger partial charge < -0.3 is 9.52 Å². The van der Waals surface area contributed by atoms with Crippen molar-refractivity contribution in [1.82, 2.24) is 4.98 Å². The molecular formula is C9H11NO5S. The first-order valence-electron chi connectivity index (χ1n) is 4.83. The third-order valence-electron chi connectivity index (χ3n) is 2.51. The average molecular weight is 245 g/mol.